The van der Waals surface area contributed by atoms with Gasteiger partial charge < -0.3 is 19.9 Å². The van der Waals surface area contributed by atoms with E-state index in [1.165, 1.54) is 12.2 Å². The first-order chi connectivity index (χ1) is 10.9. The normalized spacial score (nSPS) is 34.0. The summed E-state index contributed by atoms with van der Waals surface area (Å²) in [6.07, 6.45) is -0.338. The van der Waals surface area contributed by atoms with E-state index in [1.807, 2.05) is 0 Å². The molecule has 2 aliphatic carbocycles. The summed E-state index contributed by atoms with van der Waals surface area (Å²) >= 11 is 0. The molecule has 0 heterocycles. The van der Waals surface area contributed by atoms with Crippen LogP contribution in [0.5, 0.6) is 0 Å². The van der Waals surface area contributed by atoms with Crippen molar-refractivity contribution >= 4 is 18.0 Å². The number of carbonyl (C=O) groups is 3. The van der Waals surface area contributed by atoms with Crippen LogP contribution in [0.25, 0.3) is 0 Å². The van der Waals surface area contributed by atoms with Crippen LogP contribution in [-0.2, 0) is 19.1 Å². The van der Waals surface area contributed by atoms with Crippen molar-refractivity contribution in [2.24, 2.45) is 17.8 Å². The fourth-order valence-electron chi connectivity index (χ4n) is 3.31. The molecule has 2 N–H and O–H groups in total. The number of alkyl halides is 1. The van der Waals surface area contributed by atoms with Gasteiger partial charge in [0.1, 0.15) is 19.4 Å². The highest BCUT2D eigenvalue weighted by molar-refractivity contribution is 5.90. The molecule has 0 aromatic carbocycles. The van der Waals surface area contributed by atoms with Gasteiger partial charge >= 0.3 is 18.0 Å². The Morgan fingerprint density at radius 3 is 2.43 bits per heavy atom. The van der Waals surface area contributed by atoms with Crippen LogP contribution < -0.4 is 5.32 Å². The maximum absolute atomic E-state index is 14.3. The first-order valence-corrected chi connectivity index (χ1v) is 7.11. The van der Waals surface area contributed by atoms with Crippen molar-refractivity contribution in [3.8, 4) is 0 Å². The summed E-state index contributed by atoms with van der Waals surface area (Å²) < 4.78 is 23.9. The van der Waals surface area contributed by atoms with Crippen LogP contribution in [-0.4, -0.2) is 48.1 Å². The summed E-state index contributed by atoms with van der Waals surface area (Å²) in [7, 11) is 0. The molecule has 0 aromatic rings. The predicted molar refractivity (Wildman–Crippen MR) is 76.2 cm³/mol. The fraction of sp³-hybridized carbons (Fsp3) is 0.533. The number of alkyl carbamates (subject to hydrolysis) is 1. The summed E-state index contributed by atoms with van der Waals surface area (Å²) in [5.74, 6) is -4.23. The zero-order valence-corrected chi connectivity index (χ0v) is 12.4. The third-order valence-electron chi connectivity index (χ3n) is 4.28. The number of carbonyl (C=O) groups excluding carboxylic acids is 2. The minimum Gasteiger partial charge on any atom is -0.479 e. The van der Waals surface area contributed by atoms with Crippen LogP contribution in [0.2, 0.25) is 0 Å². The van der Waals surface area contributed by atoms with Gasteiger partial charge in [-0.15, -0.1) is 0 Å². The van der Waals surface area contributed by atoms with Gasteiger partial charge in [0.25, 0.3) is 0 Å². The van der Waals surface area contributed by atoms with Crippen molar-refractivity contribution in [3.63, 3.8) is 0 Å². The number of aliphatic carboxylic acids is 1. The molecule has 0 saturated heterocycles. The Labute approximate surface area is 132 Å². The van der Waals surface area contributed by atoms with Gasteiger partial charge in [-0.1, -0.05) is 25.3 Å². The molecule has 8 heteroatoms. The van der Waals surface area contributed by atoms with E-state index in [2.05, 4.69) is 23.2 Å². The number of ether oxygens (including phenoxy) is 2. The fourth-order valence-corrected chi connectivity index (χ4v) is 3.31. The number of fused-ring (bicyclic) bond motifs is 1. The number of esters is 1. The zero-order valence-electron chi connectivity index (χ0n) is 12.4. The standard InChI is InChI=1S/C15H18FNO6/c1-3-5-22-12(18)10-8-7-9(16)15(11(8)10,13(19)20)17-14(21)23-6-4-2/h3-4,8-11H,1-2,5-7H2,(H,17,21)(H,19,20)/t8-,9-,10-,11+,15-/m0/s1. The molecule has 0 unspecified atom stereocenters. The molecule has 0 aliphatic heterocycles. The Hall–Kier alpha value is -2.38. The van der Waals surface area contributed by atoms with E-state index in [9.17, 15) is 23.9 Å². The summed E-state index contributed by atoms with van der Waals surface area (Å²) in [6.45, 7) is 6.61. The van der Waals surface area contributed by atoms with Gasteiger partial charge in [0.2, 0.25) is 0 Å². The number of hydrogen-bond donors (Lipinski definition) is 2. The number of rotatable bonds is 7. The topological polar surface area (TPSA) is 102 Å². The number of hydrogen-bond acceptors (Lipinski definition) is 5. The van der Waals surface area contributed by atoms with E-state index < -0.39 is 47.5 Å². The summed E-state index contributed by atoms with van der Waals surface area (Å²) in [6, 6.07) is 0. The van der Waals surface area contributed by atoms with Gasteiger partial charge in [-0.2, -0.15) is 0 Å². The molecule has 23 heavy (non-hydrogen) atoms. The van der Waals surface area contributed by atoms with Gasteiger partial charge in [0, 0.05) is 5.92 Å². The molecule has 126 valence electrons. The lowest BCUT2D eigenvalue weighted by molar-refractivity contribution is -0.150. The lowest BCUT2D eigenvalue weighted by atomic mass is 9.88. The molecular formula is C15H18FNO6. The molecule has 0 bridgehead atoms. The van der Waals surface area contributed by atoms with E-state index in [-0.39, 0.29) is 19.6 Å². The highest BCUT2D eigenvalue weighted by Gasteiger charge is 2.77. The summed E-state index contributed by atoms with van der Waals surface area (Å²) in [4.78, 5) is 35.3. The molecule has 2 rings (SSSR count). The second kappa shape index (κ2) is 6.39. The zero-order chi connectivity index (χ0) is 17.2. The SMILES string of the molecule is C=CCOC(=O)N[C@]1(C(=O)O)[C@@H]2[C@@H](C[C@@H]1F)[C@@H]2C(=O)OCC=C. The monoisotopic (exact) mass is 327 g/mol. The molecule has 2 fully saturated rings. The van der Waals surface area contributed by atoms with Crippen molar-refractivity contribution in [2.75, 3.05) is 13.2 Å². The molecule has 0 spiro atoms. The summed E-state index contributed by atoms with van der Waals surface area (Å²) in [5.41, 5.74) is -2.18. The molecule has 2 saturated carbocycles. The first kappa shape index (κ1) is 17.0. The number of halogens is 1. The van der Waals surface area contributed by atoms with Crippen LogP contribution in [0.1, 0.15) is 6.42 Å². The van der Waals surface area contributed by atoms with Crippen molar-refractivity contribution < 1.29 is 33.4 Å². The predicted octanol–water partition coefficient (Wildman–Crippen LogP) is 1.06. The lowest BCUT2D eigenvalue weighted by Gasteiger charge is -2.30. The molecule has 0 radical (unpaired) electrons. The van der Waals surface area contributed by atoms with Crippen LogP contribution in [0.4, 0.5) is 9.18 Å². The average Bonchev–Trinajstić information content (AvgIpc) is 3.14. The molecule has 5 atom stereocenters. The van der Waals surface area contributed by atoms with Gasteiger partial charge in [0.15, 0.2) is 5.54 Å². The van der Waals surface area contributed by atoms with Crippen molar-refractivity contribution in [2.45, 2.75) is 18.1 Å². The van der Waals surface area contributed by atoms with Crippen LogP contribution in [0.15, 0.2) is 25.3 Å². The maximum atomic E-state index is 14.3. The Balaban J connectivity index is 2.16. The van der Waals surface area contributed by atoms with E-state index >= 15 is 0 Å². The van der Waals surface area contributed by atoms with Gasteiger partial charge in [-0.05, 0) is 12.3 Å². The number of amides is 1. The third-order valence-corrected chi connectivity index (χ3v) is 4.28. The minimum atomic E-state index is -2.18. The highest BCUT2D eigenvalue weighted by Crippen LogP contribution is 2.63. The first-order valence-electron chi connectivity index (χ1n) is 7.11. The smallest absolute Gasteiger partial charge is 0.408 e. The third kappa shape index (κ3) is 2.80. The van der Waals surface area contributed by atoms with E-state index in [0.29, 0.717) is 0 Å². The Bertz CT molecular complexity index is 550. The van der Waals surface area contributed by atoms with Crippen molar-refractivity contribution in [1.82, 2.24) is 5.32 Å². The molecule has 0 aromatic heterocycles. The quantitative estimate of drug-likeness (QED) is 0.535. The lowest BCUT2D eigenvalue weighted by Crippen LogP contribution is -2.61. The van der Waals surface area contributed by atoms with Crippen LogP contribution >= 0.6 is 0 Å². The molecular weight excluding hydrogens is 309 g/mol. The van der Waals surface area contributed by atoms with Crippen molar-refractivity contribution in [1.29, 1.82) is 0 Å². The van der Waals surface area contributed by atoms with Crippen LogP contribution in [0.3, 0.4) is 0 Å². The maximum Gasteiger partial charge on any atom is 0.408 e. The van der Waals surface area contributed by atoms with Gasteiger partial charge in [-0.25, -0.2) is 14.0 Å². The largest absolute Gasteiger partial charge is 0.479 e. The minimum absolute atomic E-state index is 0.0112. The molecule has 2 aliphatic rings. The van der Waals surface area contributed by atoms with Gasteiger partial charge in [-0.3, -0.25) is 4.79 Å². The Kier molecular flexibility index (Phi) is 4.72. The average molecular weight is 327 g/mol. The Morgan fingerprint density at radius 1 is 1.26 bits per heavy atom. The van der Waals surface area contributed by atoms with E-state index in [4.69, 9.17) is 4.74 Å². The van der Waals surface area contributed by atoms with E-state index in [1.54, 1.807) is 0 Å². The highest BCUT2D eigenvalue weighted by atomic mass is 19.1. The molecule has 7 nitrogen and oxygen atoms in total. The molecule has 1 amide bonds. The second-order valence-electron chi connectivity index (χ2n) is 5.52. The van der Waals surface area contributed by atoms with Crippen LogP contribution in [0, 0.1) is 17.8 Å². The van der Waals surface area contributed by atoms with Crippen molar-refractivity contribution in [3.05, 3.63) is 25.3 Å². The number of nitrogens with one attached hydrogen (secondary N) is 1. The van der Waals surface area contributed by atoms with E-state index in [0.717, 1.165) is 0 Å². The summed E-state index contributed by atoms with van der Waals surface area (Å²) in [5, 5.41) is 11.6. The number of carboxylic acid groups (broad SMARTS) is 1. The second-order valence-corrected chi connectivity index (χ2v) is 5.52. The Morgan fingerprint density at radius 2 is 1.87 bits per heavy atom. The van der Waals surface area contributed by atoms with Gasteiger partial charge in [0.05, 0.1) is 5.92 Å². The number of carboxylic acids is 1.